The van der Waals surface area contributed by atoms with Crippen molar-refractivity contribution in [2.75, 3.05) is 0 Å². The molecule has 0 aliphatic heterocycles. The van der Waals surface area contributed by atoms with Crippen molar-refractivity contribution in [3.05, 3.63) is 59.4 Å². The second kappa shape index (κ2) is 6.91. The Balaban J connectivity index is 2.29. The molecule has 1 heterocycles. The zero-order valence-electron chi connectivity index (χ0n) is 12.3. The number of aromatic nitrogens is 1. The number of aryl methyl sites for hydroxylation is 2. The van der Waals surface area contributed by atoms with E-state index in [2.05, 4.69) is 56.1 Å². The zero-order valence-corrected chi connectivity index (χ0v) is 13.2. The van der Waals surface area contributed by atoms with Crippen LogP contribution in [0.15, 0.2) is 47.6 Å². The Kier molecular flexibility index (Phi) is 5.21. The summed E-state index contributed by atoms with van der Waals surface area (Å²) in [5.41, 5.74) is 10.2. The molecule has 0 bridgehead atoms. The van der Waals surface area contributed by atoms with Gasteiger partial charge in [0.05, 0.1) is 0 Å². The molecule has 0 fully saturated rings. The molecule has 20 heavy (non-hydrogen) atoms. The van der Waals surface area contributed by atoms with Crippen LogP contribution in [-0.2, 0) is 0 Å². The van der Waals surface area contributed by atoms with E-state index in [4.69, 9.17) is 5.73 Å². The number of hydrogen-bond acceptors (Lipinski definition) is 3. The molecule has 0 amide bonds. The van der Waals surface area contributed by atoms with E-state index in [1.165, 1.54) is 21.6 Å². The van der Waals surface area contributed by atoms with E-state index < -0.39 is 0 Å². The Bertz CT molecular complexity index is 554. The quantitative estimate of drug-likeness (QED) is 0.834. The van der Waals surface area contributed by atoms with Crippen molar-refractivity contribution in [2.45, 2.75) is 43.4 Å². The van der Waals surface area contributed by atoms with Gasteiger partial charge in [0.25, 0.3) is 0 Å². The van der Waals surface area contributed by atoms with Gasteiger partial charge in [-0.2, -0.15) is 0 Å². The van der Waals surface area contributed by atoms with Crippen LogP contribution in [0.25, 0.3) is 0 Å². The van der Waals surface area contributed by atoms with Crippen molar-refractivity contribution >= 4 is 11.8 Å². The first kappa shape index (κ1) is 15.1. The van der Waals surface area contributed by atoms with Gasteiger partial charge in [-0.15, -0.1) is 11.8 Å². The highest BCUT2D eigenvalue weighted by atomic mass is 32.2. The monoisotopic (exact) mass is 286 g/mol. The summed E-state index contributed by atoms with van der Waals surface area (Å²) < 4.78 is 0. The summed E-state index contributed by atoms with van der Waals surface area (Å²) in [4.78, 5) is 5.41. The summed E-state index contributed by atoms with van der Waals surface area (Å²) in [7, 11) is 0. The van der Waals surface area contributed by atoms with Crippen LogP contribution >= 0.6 is 11.8 Å². The van der Waals surface area contributed by atoms with Crippen LogP contribution in [0.3, 0.4) is 0 Å². The minimum Gasteiger partial charge on any atom is -0.326 e. The second-order valence-electron chi connectivity index (χ2n) is 5.16. The molecule has 0 saturated heterocycles. The summed E-state index contributed by atoms with van der Waals surface area (Å²) in [6, 6.07) is 10.9. The average molecular weight is 286 g/mol. The summed E-state index contributed by atoms with van der Waals surface area (Å²) >= 11 is 1.86. The highest BCUT2D eigenvalue weighted by molar-refractivity contribution is 7.99. The molecule has 2 rings (SSSR count). The highest BCUT2D eigenvalue weighted by Gasteiger charge is 2.20. The number of thioether (sulfide) groups is 1. The molecule has 0 radical (unpaired) electrons. The topological polar surface area (TPSA) is 38.9 Å². The SMILES string of the molecule is CCC(N)C(Sc1ccc(C)cc1C)c1ccncc1. The fraction of sp³-hybridized carbons (Fsp3) is 0.353. The van der Waals surface area contributed by atoms with E-state index in [1.807, 2.05) is 24.2 Å². The molecule has 106 valence electrons. The standard InChI is InChI=1S/C17H22N2S/c1-4-15(18)17(14-7-9-19-10-8-14)20-16-6-5-12(2)11-13(16)3/h5-11,15,17H,4,18H2,1-3H3. The number of hydrogen-bond donors (Lipinski definition) is 1. The molecule has 2 aromatic rings. The van der Waals surface area contributed by atoms with Crippen LogP contribution < -0.4 is 5.73 Å². The number of rotatable bonds is 5. The number of pyridine rings is 1. The van der Waals surface area contributed by atoms with Gasteiger partial charge >= 0.3 is 0 Å². The molecule has 2 N–H and O–H groups in total. The maximum atomic E-state index is 6.34. The largest absolute Gasteiger partial charge is 0.326 e. The lowest BCUT2D eigenvalue weighted by molar-refractivity contribution is 0.633. The molecular weight excluding hydrogens is 264 g/mol. The fourth-order valence-corrected chi connectivity index (χ4v) is 3.56. The summed E-state index contributed by atoms with van der Waals surface area (Å²) in [5, 5.41) is 0.268. The van der Waals surface area contributed by atoms with Crippen molar-refractivity contribution in [3.8, 4) is 0 Å². The third-order valence-electron chi connectivity index (χ3n) is 3.48. The Morgan fingerprint density at radius 2 is 1.85 bits per heavy atom. The molecular formula is C17H22N2S. The first-order valence-corrected chi connectivity index (χ1v) is 7.89. The summed E-state index contributed by atoms with van der Waals surface area (Å²) in [5.74, 6) is 0. The van der Waals surface area contributed by atoms with Gasteiger partial charge in [-0.25, -0.2) is 0 Å². The Morgan fingerprint density at radius 1 is 1.15 bits per heavy atom. The summed E-state index contributed by atoms with van der Waals surface area (Å²) in [6.07, 6.45) is 4.64. The van der Waals surface area contributed by atoms with Gasteiger partial charge in [0.15, 0.2) is 0 Å². The Labute approximate surface area is 125 Å². The Hall–Kier alpha value is -1.32. The van der Waals surface area contributed by atoms with Crippen LogP contribution in [-0.4, -0.2) is 11.0 Å². The number of nitrogens with zero attached hydrogens (tertiary/aromatic N) is 1. The van der Waals surface area contributed by atoms with Gasteiger partial charge in [-0.05, 0) is 49.6 Å². The molecule has 1 aromatic carbocycles. The van der Waals surface area contributed by atoms with E-state index in [0.29, 0.717) is 0 Å². The van der Waals surface area contributed by atoms with Gasteiger partial charge in [0, 0.05) is 28.6 Å². The molecule has 2 unspecified atom stereocenters. The lowest BCUT2D eigenvalue weighted by Crippen LogP contribution is -2.25. The van der Waals surface area contributed by atoms with Gasteiger partial charge in [0.2, 0.25) is 0 Å². The lowest BCUT2D eigenvalue weighted by atomic mass is 10.1. The predicted molar refractivity (Wildman–Crippen MR) is 87.0 cm³/mol. The minimum absolute atomic E-state index is 0.142. The predicted octanol–water partition coefficient (Wildman–Crippen LogP) is 4.27. The molecule has 0 spiro atoms. The molecule has 2 nitrogen and oxygen atoms in total. The van der Waals surface area contributed by atoms with Gasteiger partial charge in [-0.1, -0.05) is 24.6 Å². The van der Waals surface area contributed by atoms with E-state index in [-0.39, 0.29) is 11.3 Å². The number of benzene rings is 1. The summed E-state index contributed by atoms with van der Waals surface area (Å²) in [6.45, 7) is 6.43. The van der Waals surface area contributed by atoms with Gasteiger partial charge in [-0.3, -0.25) is 4.98 Å². The molecule has 0 aliphatic rings. The normalized spacial score (nSPS) is 14.0. The van der Waals surface area contributed by atoms with Crippen LogP contribution in [0.1, 0.15) is 35.3 Å². The van der Waals surface area contributed by atoms with Crippen molar-refractivity contribution in [1.82, 2.24) is 4.98 Å². The molecule has 0 saturated carbocycles. The van der Waals surface area contributed by atoms with Crippen LogP contribution in [0, 0.1) is 13.8 Å². The van der Waals surface area contributed by atoms with E-state index in [1.54, 1.807) is 0 Å². The van der Waals surface area contributed by atoms with Crippen molar-refractivity contribution in [1.29, 1.82) is 0 Å². The molecule has 0 aliphatic carbocycles. The zero-order chi connectivity index (χ0) is 14.5. The molecule has 1 aromatic heterocycles. The first-order valence-electron chi connectivity index (χ1n) is 7.01. The maximum absolute atomic E-state index is 6.34. The van der Waals surface area contributed by atoms with Gasteiger partial charge < -0.3 is 5.73 Å². The smallest absolute Gasteiger partial charge is 0.0496 e. The molecule has 2 atom stereocenters. The van der Waals surface area contributed by atoms with E-state index >= 15 is 0 Å². The van der Waals surface area contributed by atoms with E-state index in [0.717, 1.165) is 6.42 Å². The van der Waals surface area contributed by atoms with Crippen LogP contribution in [0.5, 0.6) is 0 Å². The molecule has 3 heteroatoms. The first-order chi connectivity index (χ1) is 9.61. The van der Waals surface area contributed by atoms with Gasteiger partial charge in [0.1, 0.15) is 0 Å². The fourth-order valence-electron chi connectivity index (χ4n) is 2.24. The number of nitrogens with two attached hydrogens (primary N) is 1. The van der Waals surface area contributed by atoms with Crippen LogP contribution in [0.4, 0.5) is 0 Å². The Morgan fingerprint density at radius 3 is 2.45 bits per heavy atom. The lowest BCUT2D eigenvalue weighted by Gasteiger charge is -2.23. The minimum atomic E-state index is 0.142. The second-order valence-corrected chi connectivity index (χ2v) is 6.34. The third kappa shape index (κ3) is 3.62. The van der Waals surface area contributed by atoms with Crippen molar-refractivity contribution < 1.29 is 0 Å². The van der Waals surface area contributed by atoms with Crippen molar-refractivity contribution in [3.63, 3.8) is 0 Å². The van der Waals surface area contributed by atoms with Crippen LogP contribution in [0.2, 0.25) is 0 Å². The van der Waals surface area contributed by atoms with Crippen molar-refractivity contribution in [2.24, 2.45) is 5.73 Å². The van der Waals surface area contributed by atoms with E-state index in [9.17, 15) is 0 Å². The average Bonchev–Trinajstić information content (AvgIpc) is 2.46. The highest BCUT2D eigenvalue weighted by Crippen LogP contribution is 2.39. The third-order valence-corrected chi connectivity index (χ3v) is 5.07. The maximum Gasteiger partial charge on any atom is 0.0496 e.